The maximum Gasteiger partial charge on any atom is 0.261 e. The summed E-state index contributed by atoms with van der Waals surface area (Å²) in [6, 6.07) is 78.0. The lowest BCUT2D eigenvalue weighted by Gasteiger charge is -2.38. The molecule has 0 saturated heterocycles. The molecule has 2 aliphatic heterocycles. The largest absolute Gasteiger partial charge is 0.491 e. The minimum atomic E-state index is -0.657. The van der Waals surface area contributed by atoms with Crippen LogP contribution in [0.15, 0.2) is 231 Å². The molecule has 12 aromatic rings. The molecule has 0 saturated carbocycles. The Kier molecular flexibility index (Phi) is 22.8. The molecular weight excluding hydrogens is 1470 g/mol. The molecule has 2 aromatic heterocycles. The van der Waals surface area contributed by atoms with Crippen molar-refractivity contribution >= 4 is 34.4 Å². The highest BCUT2D eigenvalue weighted by Crippen LogP contribution is 2.50. The lowest BCUT2D eigenvalue weighted by Crippen LogP contribution is -2.42. The molecule has 2 aliphatic rings. The quantitative estimate of drug-likeness (QED) is 0.0286. The molecule has 0 N–H and O–H groups in total. The van der Waals surface area contributed by atoms with Gasteiger partial charge < -0.3 is 18.9 Å². The van der Waals surface area contributed by atoms with Crippen molar-refractivity contribution < 1.29 is 38.1 Å². The van der Waals surface area contributed by atoms with Crippen LogP contribution in [0.3, 0.4) is 0 Å². The van der Waals surface area contributed by atoms with Crippen LogP contribution in [-0.2, 0) is 79.0 Å². The third-order valence-corrected chi connectivity index (χ3v) is 23.5. The van der Waals surface area contributed by atoms with Crippen molar-refractivity contribution in [2.45, 2.75) is 194 Å². The highest BCUT2D eigenvalue weighted by atomic mass is 16.5. The van der Waals surface area contributed by atoms with Gasteiger partial charge in [0.15, 0.2) is 0 Å². The van der Waals surface area contributed by atoms with Crippen LogP contribution in [0.1, 0.15) is 255 Å². The molecule has 4 amide bonds. The van der Waals surface area contributed by atoms with E-state index in [-0.39, 0.29) is 78.6 Å². The molecule has 0 fully saturated rings. The first-order valence-electron chi connectivity index (χ1n) is 41.3. The van der Waals surface area contributed by atoms with E-state index in [1.807, 2.05) is 24.3 Å². The molecule has 608 valence electrons. The van der Waals surface area contributed by atoms with Gasteiger partial charge >= 0.3 is 0 Å². The molecule has 16 heteroatoms. The van der Waals surface area contributed by atoms with Crippen molar-refractivity contribution in [1.29, 1.82) is 0 Å². The van der Waals surface area contributed by atoms with Crippen LogP contribution < -0.4 is 9.47 Å². The van der Waals surface area contributed by atoms with Crippen LogP contribution in [-0.4, -0.2) is 103 Å². The van der Waals surface area contributed by atoms with Gasteiger partial charge in [-0.2, -0.15) is 0 Å². The van der Waals surface area contributed by atoms with Gasteiger partial charge in [-0.05, 0) is 159 Å². The normalized spacial score (nSPS) is 13.8. The van der Waals surface area contributed by atoms with E-state index in [0.717, 1.165) is 32.4 Å². The van der Waals surface area contributed by atoms with E-state index < -0.39 is 34.5 Å². The zero-order chi connectivity index (χ0) is 84.1. The Labute approximate surface area is 695 Å². The van der Waals surface area contributed by atoms with Crippen LogP contribution in [0.2, 0.25) is 0 Å². The van der Waals surface area contributed by atoms with Gasteiger partial charge in [-0.3, -0.25) is 29.0 Å². The van der Waals surface area contributed by atoms with E-state index in [1.165, 1.54) is 66.8 Å². The van der Waals surface area contributed by atoms with Crippen molar-refractivity contribution in [3.05, 3.63) is 342 Å². The number of benzene rings is 10. The molecule has 10 aromatic carbocycles. The van der Waals surface area contributed by atoms with Crippen molar-refractivity contribution in [2.24, 2.45) is 0 Å². The molecule has 0 atom stereocenters. The molecule has 16 nitrogen and oxygen atoms in total. The number of aromatic nitrogens is 6. The van der Waals surface area contributed by atoms with E-state index in [9.17, 15) is 19.2 Å². The summed E-state index contributed by atoms with van der Waals surface area (Å²) in [7, 11) is 0. The summed E-state index contributed by atoms with van der Waals surface area (Å²) in [5.41, 5.74) is 17.0. The van der Waals surface area contributed by atoms with Gasteiger partial charge in [0.1, 0.15) is 36.1 Å². The third kappa shape index (κ3) is 16.8. The van der Waals surface area contributed by atoms with Crippen LogP contribution in [0.25, 0.3) is 10.8 Å². The van der Waals surface area contributed by atoms with Gasteiger partial charge in [-0.1, -0.05) is 305 Å². The van der Waals surface area contributed by atoms with Crippen molar-refractivity contribution in [2.75, 3.05) is 39.6 Å². The predicted molar refractivity (Wildman–Crippen MR) is 467 cm³/mol. The van der Waals surface area contributed by atoms with Gasteiger partial charge in [0.25, 0.3) is 23.6 Å². The Bertz CT molecular complexity index is 4930. The Morgan fingerprint density at radius 1 is 0.254 bits per heavy atom. The summed E-state index contributed by atoms with van der Waals surface area (Å²) in [6.45, 7) is 42.7. The summed E-state index contributed by atoms with van der Waals surface area (Å²) < 4.78 is 27.9. The highest BCUT2D eigenvalue weighted by Gasteiger charge is 2.44. The number of nitrogens with zero attached hydrogens (tertiary/aromatic N) is 8. The Balaban J connectivity index is 0.568. The van der Waals surface area contributed by atoms with E-state index >= 15 is 0 Å². The molecule has 14 rings (SSSR count). The van der Waals surface area contributed by atoms with Crippen molar-refractivity contribution in [1.82, 2.24) is 39.8 Å². The van der Waals surface area contributed by atoms with Gasteiger partial charge in [0.2, 0.25) is 0 Å². The Morgan fingerprint density at radius 2 is 0.458 bits per heavy atom. The van der Waals surface area contributed by atoms with Crippen LogP contribution in [0.5, 0.6) is 11.5 Å². The fourth-order valence-corrected chi connectivity index (χ4v) is 16.5. The minimum Gasteiger partial charge on any atom is -0.491 e. The molecule has 0 spiro atoms. The molecule has 0 bridgehead atoms. The second kappa shape index (κ2) is 32.4. The maximum absolute atomic E-state index is 14.4. The topological polar surface area (TPSA) is 173 Å². The first-order valence-corrected chi connectivity index (χ1v) is 41.3. The zero-order valence-corrected chi connectivity index (χ0v) is 71.9. The number of carbonyl (C=O) groups is 4. The fourth-order valence-electron chi connectivity index (χ4n) is 16.5. The molecule has 0 unspecified atom stereocenters. The monoisotopic (exact) mass is 1580 g/mol. The molecule has 118 heavy (non-hydrogen) atoms. The third-order valence-electron chi connectivity index (χ3n) is 23.5. The first-order chi connectivity index (χ1) is 55.9. The number of amides is 4. The number of rotatable bonds is 26. The number of hydrogen-bond acceptors (Lipinski definition) is 12. The number of carbonyl (C=O) groups excluding carboxylic acids is 4. The predicted octanol–water partition coefficient (Wildman–Crippen LogP) is 20.4. The summed E-state index contributed by atoms with van der Waals surface area (Å²) in [6.07, 6.45) is 3.37. The SMILES string of the molecule is CC(C)(C)c1ccc(C(c2ccc(OCCOCCn3cc(CN4C(=O)c5ccc6c7c(ccc(c57)C4=O)C(=O)N(Cc4cn(CCOCCOc5ccc(C(c7ccc(C(C)(C)C)cc7)(c7ccc(C(C)(C)C)cc7)c7ccc(C(C)(C)C)cc7)cc5)nn4)C6=O)nn3)cc2)(c2ccc(C(C)(C)C)cc2)c2ccc(C(C)(C)C)cc2)cc1. The Hall–Kier alpha value is -11.5. The lowest BCUT2D eigenvalue weighted by molar-refractivity contribution is 0.0575. The van der Waals surface area contributed by atoms with Crippen LogP contribution in [0.4, 0.5) is 0 Å². The fraction of sp³-hybridized carbons (Fsp3) is 0.353. The molecule has 0 aliphatic carbocycles. The highest BCUT2D eigenvalue weighted by molar-refractivity contribution is 6.33. The summed E-state index contributed by atoms with van der Waals surface area (Å²) in [5, 5.41) is 17.8. The summed E-state index contributed by atoms with van der Waals surface area (Å²) >= 11 is 0. The zero-order valence-electron chi connectivity index (χ0n) is 71.9. The maximum atomic E-state index is 14.4. The first kappa shape index (κ1) is 83.0. The van der Waals surface area contributed by atoms with E-state index in [2.05, 4.69) is 315 Å². The van der Waals surface area contributed by atoms with Crippen molar-refractivity contribution in [3.8, 4) is 11.5 Å². The van der Waals surface area contributed by atoms with E-state index in [0.29, 0.717) is 64.1 Å². The second-order valence-electron chi connectivity index (χ2n) is 37.8. The lowest BCUT2D eigenvalue weighted by atomic mass is 9.64. The van der Waals surface area contributed by atoms with Crippen LogP contribution in [0, 0.1) is 0 Å². The second-order valence-corrected chi connectivity index (χ2v) is 37.8. The Morgan fingerprint density at radius 3 is 0.669 bits per heavy atom. The smallest absolute Gasteiger partial charge is 0.261 e. The standard InChI is InChI=1S/C102H112N8O8/c1-95(2,3)67-19-31-73(32-20-67)101(74-33-21-68(22-34-74)96(4,5)6,75-35-23-69(24-36-75)97(7,8)9)79-43-47-83(48-44-79)117-61-59-115-57-55-107-63-81(103-105-107)65-109-91(111)85-51-53-87-90-88(54-52-86(89(85)90)92(109)112)94(114)110(93(87)113)66-82-64-108(106-104-82)56-58-116-60-62-118-84-49-45-80(46-50-84)102(76-37-25-70(26-38-76)98(10,11)12,77-39-27-71(28-40-77)99(13,14)15)78-41-29-72(30-42-78)100(16,17)18/h19-54,63-64H,55-62,65-66H2,1-18H3. The van der Waals surface area contributed by atoms with Gasteiger partial charge in [-0.15, -0.1) is 10.2 Å². The van der Waals surface area contributed by atoms with E-state index in [1.54, 1.807) is 46.0 Å². The molecule has 0 radical (unpaired) electrons. The number of ether oxygens (including phenoxy) is 4. The molecular formula is C102H112N8O8. The van der Waals surface area contributed by atoms with Gasteiger partial charge in [0.05, 0.1) is 75.8 Å². The van der Waals surface area contributed by atoms with Gasteiger partial charge in [0, 0.05) is 33.0 Å². The number of imide groups is 2. The summed E-state index contributed by atoms with van der Waals surface area (Å²) in [5.74, 6) is -0.880. The van der Waals surface area contributed by atoms with E-state index in [4.69, 9.17) is 18.9 Å². The average molecular weight is 1580 g/mol. The van der Waals surface area contributed by atoms with Crippen molar-refractivity contribution in [3.63, 3.8) is 0 Å². The number of hydrogen-bond donors (Lipinski definition) is 0. The van der Waals surface area contributed by atoms with Crippen LogP contribution >= 0.6 is 0 Å². The average Bonchev–Trinajstić information content (AvgIpc) is 0.810. The minimum absolute atomic E-state index is 0.0131. The van der Waals surface area contributed by atoms with Gasteiger partial charge in [-0.25, -0.2) is 9.36 Å². The molecule has 4 heterocycles. The summed E-state index contributed by atoms with van der Waals surface area (Å²) in [4.78, 5) is 59.7.